The van der Waals surface area contributed by atoms with Crippen molar-refractivity contribution in [2.45, 2.75) is 50.2 Å². The molecule has 2 N–H and O–H groups in total. The highest BCUT2D eigenvalue weighted by Gasteiger charge is 2.40. The van der Waals surface area contributed by atoms with Crippen molar-refractivity contribution < 1.29 is 9.90 Å². The molecule has 0 heterocycles. The average Bonchev–Trinajstić information content (AvgIpc) is 2.98. The first-order chi connectivity index (χ1) is 8.69. The van der Waals surface area contributed by atoms with E-state index in [1.165, 1.54) is 11.1 Å². The van der Waals surface area contributed by atoms with Gasteiger partial charge in [0.05, 0.1) is 6.04 Å². The second-order valence-electron chi connectivity index (χ2n) is 5.50. The van der Waals surface area contributed by atoms with Crippen LogP contribution in [0.3, 0.4) is 0 Å². The second-order valence-corrected chi connectivity index (χ2v) is 5.50. The van der Waals surface area contributed by atoms with Crippen LogP contribution in [0.2, 0.25) is 0 Å². The highest BCUT2D eigenvalue weighted by molar-refractivity contribution is 5.85. The number of rotatable bonds is 2. The van der Waals surface area contributed by atoms with E-state index in [2.05, 4.69) is 17.4 Å². The molecule has 1 saturated carbocycles. The van der Waals surface area contributed by atoms with Crippen LogP contribution in [0, 0.1) is 0 Å². The first-order valence-electron chi connectivity index (χ1n) is 6.80. The lowest BCUT2D eigenvalue weighted by atomic mass is 10.00. The summed E-state index contributed by atoms with van der Waals surface area (Å²) < 4.78 is 0. The quantitative estimate of drug-likeness (QED) is 0.838. The highest BCUT2D eigenvalue weighted by atomic mass is 16.3. The molecule has 0 saturated heterocycles. The first-order valence-corrected chi connectivity index (χ1v) is 6.80. The third kappa shape index (κ3) is 1.93. The predicted octanol–water partition coefficient (Wildman–Crippen LogP) is 2.10. The molecule has 18 heavy (non-hydrogen) atoms. The SMILES string of the molecule is O=C(NC1CCc2ccccc21)C1(O)CCCC1. The number of hydrogen-bond acceptors (Lipinski definition) is 2. The number of aliphatic hydroxyl groups is 1. The van der Waals surface area contributed by atoms with Crippen molar-refractivity contribution in [1.82, 2.24) is 5.32 Å². The third-order valence-corrected chi connectivity index (χ3v) is 4.29. The molecule has 1 atom stereocenters. The van der Waals surface area contributed by atoms with E-state index < -0.39 is 5.60 Å². The average molecular weight is 245 g/mol. The van der Waals surface area contributed by atoms with Crippen molar-refractivity contribution in [2.24, 2.45) is 0 Å². The van der Waals surface area contributed by atoms with Crippen molar-refractivity contribution in [3.8, 4) is 0 Å². The van der Waals surface area contributed by atoms with Gasteiger partial charge < -0.3 is 10.4 Å². The molecule has 2 aliphatic rings. The summed E-state index contributed by atoms with van der Waals surface area (Å²) in [5.74, 6) is -0.179. The fourth-order valence-corrected chi connectivity index (χ4v) is 3.19. The van der Waals surface area contributed by atoms with E-state index in [-0.39, 0.29) is 11.9 Å². The fourth-order valence-electron chi connectivity index (χ4n) is 3.19. The van der Waals surface area contributed by atoms with Gasteiger partial charge in [0.2, 0.25) is 0 Å². The van der Waals surface area contributed by atoms with Crippen molar-refractivity contribution in [3.63, 3.8) is 0 Å². The third-order valence-electron chi connectivity index (χ3n) is 4.29. The van der Waals surface area contributed by atoms with Gasteiger partial charge in [-0.2, -0.15) is 0 Å². The molecule has 3 heteroatoms. The predicted molar refractivity (Wildman–Crippen MR) is 69.1 cm³/mol. The van der Waals surface area contributed by atoms with Crippen LogP contribution in [0.15, 0.2) is 24.3 Å². The molecule has 0 radical (unpaired) electrons. The number of benzene rings is 1. The lowest BCUT2D eigenvalue weighted by Crippen LogP contribution is -2.45. The summed E-state index contributed by atoms with van der Waals surface area (Å²) in [6.45, 7) is 0. The number of amides is 1. The fraction of sp³-hybridized carbons (Fsp3) is 0.533. The summed E-state index contributed by atoms with van der Waals surface area (Å²) in [7, 11) is 0. The van der Waals surface area contributed by atoms with Crippen LogP contribution in [0.1, 0.15) is 49.3 Å². The molecule has 3 nitrogen and oxygen atoms in total. The molecule has 1 amide bonds. The molecule has 1 unspecified atom stereocenters. The summed E-state index contributed by atoms with van der Waals surface area (Å²) in [5.41, 5.74) is 1.42. The monoisotopic (exact) mass is 245 g/mol. The number of carbonyl (C=O) groups is 1. The van der Waals surface area contributed by atoms with Crippen LogP contribution >= 0.6 is 0 Å². The molecule has 0 bridgehead atoms. The van der Waals surface area contributed by atoms with Crippen LogP contribution < -0.4 is 5.32 Å². The van der Waals surface area contributed by atoms with Gasteiger partial charge in [-0.15, -0.1) is 0 Å². The largest absolute Gasteiger partial charge is 0.380 e. The van der Waals surface area contributed by atoms with Crippen molar-refractivity contribution in [3.05, 3.63) is 35.4 Å². The lowest BCUT2D eigenvalue weighted by molar-refractivity contribution is -0.140. The molecule has 2 aliphatic carbocycles. The number of nitrogens with one attached hydrogen (secondary N) is 1. The zero-order chi connectivity index (χ0) is 12.6. The molecular formula is C15H19NO2. The summed E-state index contributed by atoms with van der Waals surface area (Å²) in [5, 5.41) is 13.3. The Balaban J connectivity index is 1.73. The van der Waals surface area contributed by atoms with E-state index in [1.807, 2.05) is 12.1 Å². The van der Waals surface area contributed by atoms with Gasteiger partial charge in [0, 0.05) is 0 Å². The molecule has 0 aromatic heterocycles. The lowest BCUT2D eigenvalue weighted by Gasteiger charge is -2.24. The molecular weight excluding hydrogens is 226 g/mol. The molecule has 1 aromatic carbocycles. The van der Waals surface area contributed by atoms with Crippen LogP contribution in [0.4, 0.5) is 0 Å². The summed E-state index contributed by atoms with van der Waals surface area (Å²) in [4.78, 5) is 12.2. The first kappa shape index (κ1) is 11.7. The maximum atomic E-state index is 12.2. The molecule has 1 fully saturated rings. The van der Waals surface area contributed by atoms with E-state index in [4.69, 9.17) is 0 Å². The number of carbonyl (C=O) groups excluding carboxylic acids is 1. The Labute approximate surface area is 107 Å². The zero-order valence-corrected chi connectivity index (χ0v) is 10.5. The Bertz CT molecular complexity index is 463. The van der Waals surface area contributed by atoms with Gasteiger partial charge >= 0.3 is 0 Å². The smallest absolute Gasteiger partial charge is 0.252 e. The Hall–Kier alpha value is -1.35. The van der Waals surface area contributed by atoms with Crippen LogP contribution in [0.25, 0.3) is 0 Å². The maximum Gasteiger partial charge on any atom is 0.252 e. The molecule has 96 valence electrons. The van der Waals surface area contributed by atoms with Crippen LogP contribution in [-0.2, 0) is 11.2 Å². The minimum atomic E-state index is -1.11. The van der Waals surface area contributed by atoms with E-state index in [1.54, 1.807) is 0 Å². The van der Waals surface area contributed by atoms with Gasteiger partial charge in [-0.05, 0) is 49.7 Å². The highest BCUT2D eigenvalue weighted by Crippen LogP contribution is 2.34. The van der Waals surface area contributed by atoms with E-state index >= 15 is 0 Å². The maximum absolute atomic E-state index is 12.2. The standard InChI is InChI=1S/C15H19NO2/c17-14(15(18)9-3-4-10-15)16-13-8-7-11-5-1-2-6-12(11)13/h1-2,5-6,13,18H,3-4,7-10H2,(H,16,17). The van der Waals surface area contributed by atoms with Crippen LogP contribution in [-0.4, -0.2) is 16.6 Å². The number of hydrogen-bond donors (Lipinski definition) is 2. The molecule has 0 aliphatic heterocycles. The van der Waals surface area contributed by atoms with Crippen molar-refractivity contribution in [1.29, 1.82) is 0 Å². The second kappa shape index (κ2) is 4.39. The van der Waals surface area contributed by atoms with Crippen molar-refractivity contribution >= 4 is 5.91 Å². The Morgan fingerprint density at radius 2 is 2.00 bits per heavy atom. The van der Waals surface area contributed by atoms with E-state index in [9.17, 15) is 9.90 Å². The van der Waals surface area contributed by atoms with Gasteiger partial charge in [-0.1, -0.05) is 24.3 Å². The van der Waals surface area contributed by atoms with E-state index in [0.29, 0.717) is 12.8 Å². The van der Waals surface area contributed by atoms with Gasteiger partial charge in [-0.3, -0.25) is 4.79 Å². The van der Waals surface area contributed by atoms with E-state index in [0.717, 1.165) is 25.7 Å². The zero-order valence-electron chi connectivity index (χ0n) is 10.5. The topological polar surface area (TPSA) is 49.3 Å². The minimum Gasteiger partial charge on any atom is -0.380 e. The normalized spacial score (nSPS) is 24.8. The van der Waals surface area contributed by atoms with Gasteiger partial charge in [0.25, 0.3) is 5.91 Å². The van der Waals surface area contributed by atoms with Crippen molar-refractivity contribution in [2.75, 3.05) is 0 Å². The summed E-state index contributed by atoms with van der Waals surface area (Å²) >= 11 is 0. The summed E-state index contributed by atoms with van der Waals surface area (Å²) in [6.07, 6.45) is 5.07. The summed E-state index contributed by atoms with van der Waals surface area (Å²) in [6, 6.07) is 8.32. The number of aryl methyl sites for hydroxylation is 1. The molecule has 3 rings (SSSR count). The van der Waals surface area contributed by atoms with Gasteiger partial charge in [0.15, 0.2) is 0 Å². The minimum absolute atomic E-state index is 0.0818. The Morgan fingerprint density at radius 1 is 1.28 bits per heavy atom. The number of fused-ring (bicyclic) bond motifs is 1. The van der Waals surface area contributed by atoms with Crippen LogP contribution in [0.5, 0.6) is 0 Å². The van der Waals surface area contributed by atoms with Gasteiger partial charge in [-0.25, -0.2) is 0 Å². The molecule has 1 aromatic rings. The molecule has 0 spiro atoms. The Morgan fingerprint density at radius 3 is 2.78 bits per heavy atom. The Kier molecular flexibility index (Phi) is 2.86. The van der Waals surface area contributed by atoms with Gasteiger partial charge in [0.1, 0.15) is 5.60 Å².